The number of amides is 2. The number of hydrogen-bond donors (Lipinski definition) is 4. The first kappa shape index (κ1) is 41.5. The molecule has 2 aromatic rings. The third-order valence-corrected chi connectivity index (χ3v) is 3.53. The second kappa shape index (κ2) is 28.0. The molecule has 0 aromatic heterocycles. The summed E-state index contributed by atoms with van der Waals surface area (Å²) in [5.74, 6) is 0.280. The van der Waals surface area contributed by atoms with E-state index in [0.717, 1.165) is 11.4 Å². The van der Waals surface area contributed by atoms with Crippen LogP contribution in [0.5, 0.6) is 0 Å². The Morgan fingerprint density at radius 1 is 0.730 bits per heavy atom. The lowest BCUT2D eigenvalue weighted by Crippen LogP contribution is -2.30. The van der Waals surface area contributed by atoms with Crippen molar-refractivity contribution in [1.82, 2.24) is 0 Å². The molecular weight excluding hydrogens is 466 g/mol. The van der Waals surface area contributed by atoms with E-state index in [4.69, 9.17) is 15.1 Å². The molecule has 0 spiro atoms. The first-order chi connectivity index (χ1) is 17.3. The standard InChI is InChI=1S/C11H15NO.C10H13NO.C2H7BO.2C2H6.CH5BO2/c1-9(2)11(13)12(3)10-7-5-4-6-8-10;1-8(2)10(12)11-9-6-4-3-5-7-9;1-3(2)4;2*1-2;1-2(3)4/h4-9H,1-3H3;3-8H,1-2H3,(H,11,12);4H,1-2H3;2*1-2H3;3-4H,1H3. The van der Waals surface area contributed by atoms with Crippen molar-refractivity contribution in [2.75, 3.05) is 17.3 Å². The third kappa shape index (κ3) is 29.5. The highest BCUT2D eigenvalue weighted by molar-refractivity contribution is 6.46. The second-order valence-electron chi connectivity index (χ2n) is 8.12. The van der Waals surface area contributed by atoms with Crippen molar-refractivity contribution < 1.29 is 24.7 Å². The normalized spacial score (nSPS) is 8.57. The molecule has 0 aliphatic heterocycles. The summed E-state index contributed by atoms with van der Waals surface area (Å²) in [6.45, 7) is 20.1. The van der Waals surface area contributed by atoms with E-state index in [2.05, 4.69) is 5.32 Å². The Kier molecular flexibility index (Phi) is 31.4. The van der Waals surface area contributed by atoms with Gasteiger partial charge in [0.25, 0.3) is 6.92 Å². The van der Waals surface area contributed by atoms with Crippen LogP contribution in [-0.2, 0) is 9.59 Å². The zero-order valence-electron chi connectivity index (χ0n) is 25.2. The van der Waals surface area contributed by atoms with Crippen LogP contribution in [0.15, 0.2) is 60.7 Å². The van der Waals surface area contributed by atoms with E-state index in [9.17, 15) is 9.59 Å². The number of carbonyl (C=O) groups excluding carboxylic acids is 2. The summed E-state index contributed by atoms with van der Waals surface area (Å²) in [6, 6.07) is 19.1. The van der Waals surface area contributed by atoms with Gasteiger partial charge >= 0.3 is 7.12 Å². The molecule has 210 valence electrons. The Balaban J connectivity index is -0.000000208. The van der Waals surface area contributed by atoms with Crippen LogP contribution in [0.1, 0.15) is 55.4 Å². The van der Waals surface area contributed by atoms with Gasteiger partial charge in [0.2, 0.25) is 11.8 Å². The fourth-order valence-electron chi connectivity index (χ4n) is 1.97. The molecule has 0 saturated heterocycles. The Morgan fingerprint density at radius 3 is 1.35 bits per heavy atom. The molecule has 0 aliphatic carbocycles. The van der Waals surface area contributed by atoms with E-state index in [-0.39, 0.29) is 30.6 Å². The number of carbonyl (C=O) groups is 2. The fourth-order valence-corrected chi connectivity index (χ4v) is 1.97. The molecule has 0 fully saturated rings. The van der Waals surface area contributed by atoms with E-state index in [1.165, 1.54) is 6.82 Å². The lowest BCUT2D eigenvalue weighted by Gasteiger charge is -2.19. The molecule has 9 heteroatoms. The van der Waals surface area contributed by atoms with Crippen LogP contribution < -0.4 is 10.2 Å². The lowest BCUT2D eigenvalue weighted by molar-refractivity contribution is -0.121. The van der Waals surface area contributed by atoms with Crippen LogP contribution in [0.25, 0.3) is 0 Å². The van der Waals surface area contributed by atoms with Gasteiger partial charge in [-0.1, -0.05) is 105 Å². The van der Waals surface area contributed by atoms with Crippen LogP contribution in [0, 0.1) is 11.8 Å². The monoisotopic (exact) mass is 518 g/mol. The van der Waals surface area contributed by atoms with Gasteiger partial charge in [-0.15, -0.1) is 0 Å². The number of benzene rings is 2. The van der Waals surface area contributed by atoms with Gasteiger partial charge in [-0.05, 0) is 31.1 Å². The molecule has 0 heterocycles. The second-order valence-corrected chi connectivity index (χ2v) is 8.12. The van der Waals surface area contributed by atoms with Crippen molar-refractivity contribution in [1.29, 1.82) is 0 Å². The van der Waals surface area contributed by atoms with E-state index >= 15 is 0 Å². The highest BCUT2D eigenvalue weighted by Gasteiger charge is 2.13. The van der Waals surface area contributed by atoms with Crippen molar-refractivity contribution >= 4 is 37.2 Å². The van der Waals surface area contributed by atoms with Crippen molar-refractivity contribution in [2.45, 2.75) is 75.9 Å². The third-order valence-electron chi connectivity index (χ3n) is 3.53. The van der Waals surface area contributed by atoms with E-state index < -0.39 is 7.12 Å². The first-order valence-corrected chi connectivity index (χ1v) is 13.0. The molecule has 4 N–H and O–H groups in total. The molecule has 2 amide bonds. The zero-order valence-corrected chi connectivity index (χ0v) is 25.2. The van der Waals surface area contributed by atoms with Crippen LogP contribution in [-0.4, -0.2) is 48.0 Å². The van der Waals surface area contributed by atoms with Crippen LogP contribution in [0.4, 0.5) is 11.4 Å². The molecule has 2 rings (SSSR count). The van der Waals surface area contributed by atoms with Crippen molar-refractivity contribution in [3.63, 3.8) is 0 Å². The molecule has 37 heavy (non-hydrogen) atoms. The quantitative estimate of drug-likeness (QED) is 0.374. The van der Waals surface area contributed by atoms with Crippen molar-refractivity contribution in [2.24, 2.45) is 11.8 Å². The Hall–Kier alpha value is -2.61. The van der Waals surface area contributed by atoms with E-state index in [1.54, 1.807) is 25.6 Å². The average molecular weight is 518 g/mol. The van der Waals surface area contributed by atoms with Crippen LogP contribution in [0.2, 0.25) is 20.5 Å². The smallest absolute Gasteiger partial charge is 0.448 e. The van der Waals surface area contributed by atoms with Gasteiger partial charge in [0.05, 0.1) is 0 Å². The number of rotatable bonds is 4. The summed E-state index contributed by atoms with van der Waals surface area (Å²) in [5, 5.41) is 26.1. The predicted octanol–water partition coefficient (Wildman–Crippen LogP) is 5.96. The molecule has 0 unspecified atom stereocenters. The largest absolute Gasteiger partial charge is 0.451 e. The van der Waals surface area contributed by atoms with Gasteiger partial charge in [-0.2, -0.15) is 0 Å². The van der Waals surface area contributed by atoms with E-state index in [1.807, 2.05) is 116 Å². The number of nitrogens with zero attached hydrogens (tertiary/aromatic N) is 1. The SMILES string of the molecule is CB(C)O.CB(O)O.CC.CC.CC(C)C(=O)N(C)c1ccccc1.CC(C)C(=O)Nc1ccccc1. The lowest BCUT2D eigenvalue weighted by atomic mass is 9.76. The minimum Gasteiger partial charge on any atom is -0.451 e. The zero-order chi connectivity index (χ0) is 30.0. The highest BCUT2D eigenvalue weighted by atomic mass is 16.4. The number of nitrogens with one attached hydrogen (secondary N) is 1. The Labute approximate surface area is 227 Å². The molecule has 2 aromatic carbocycles. The van der Waals surface area contributed by atoms with Gasteiger partial charge in [0.1, 0.15) is 0 Å². The molecular formula is C28H52B2N2O5. The minimum absolute atomic E-state index is 0.0326. The molecule has 0 atom stereocenters. The topological polar surface area (TPSA) is 110 Å². The van der Waals surface area contributed by atoms with Gasteiger partial charge < -0.3 is 25.3 Å². The van der Waals surface area contributed by atoms with E-state index in [0.29, 0.717) is 0 Å². The number of anilines is 2. The van der Waals surface area contributed by atoms with Gasteiger partial charge in [0, 0.05) is 30.3 Å². The summed E-state index contributed by atoms with van der Waals surface area (Å²) in [6.07, 6.45) is 0. The maximum absolute atomic E-state index is 11.6. The Bertz CT molecular complexity index is 748. The molecule has 0 radical (unpaired) electrons. The fraction of sp³-hybridized carbons (Fsp3) is 0.500. The maximum Gasteiger partial charge on any atom is 0.448 e. The van der Waals surface area contributed by atoms with Crippen LogP contribution in [0.3, 0.4) is 0 Å². The average Bonchev–Trinajstić information content (AvgIpc) is 2.86. The summed E-state index contributed by atoms with van der Waals surface area (Å²) >= 11 is 0. The number of para-hydroxylation sites is 2. The maximum atomic E-state index is 11.6. The van der Waals surface area contributed by atoms with Gasteiger partial charge in [-0.3, -0.25) is 9.59 Å². The summed E-state index contributed by atoms with van der Waals surface area (Å²) in [5.41, 5.74) is 1.80. The molecule has 0 saturated carbocycles. The Morgan fingerprint density at radius 2 is 1.05 bits per heavy atom. The summed E-state index contributed by atoms with van der Waals surface area (Å²) < 4.78 is 0. The molecule has 0 aliphatic rings. The van der Waals surface area contributed by atoms with Crippen molar-refractivity contribution in [3.8, 4) is 0 Å². The first-order valence-electron chi connectivity index (χ1n) is 13.0. The molecule has 7 nitrogen and oxygen atoms in total. The summed E-state index contributed by atoms with van der Waals surface area (Å²) in [4.78, 5) is 24.5. The van der Waals surface area contributed by atoms with Gasteiger partial charge in [0.15, 0.2) is 0 Å². The number of hydrogen-bond acceptors (Lipinski definition) is 5. The summed E-state index contributed by atoms with van der Waals surface area (Å²) in [7, 11) is 0.637. The highest BCUT2D eigenvalue weighted by Crippen LogP contribution is 2.13. The minimum atomic E-state index is -1.17. The van der Waals surface area contributed by atoms with Crippen LogP contribution >= 0.6 is 0 Å². The van der Waals surface area contributed by atoms with Gasteiger partial charge in [-0.25, -0.2) is 0 Å². The molecule has 0 bridgehead atoms. The predicted molar refractivity (Wildman–Crippen MR) is 163 cm³/mol. The van der Waals surface area contributed by atoms with Crippen molar-refractivity contribution in [3.05, 3.63) is 60.7 Å².